The van der Waals surface area contributed by atoms with Gasteiger partial charge in [-0.15, -0.1) is 0 Å². The van der Waals surface area contributed by atoms with Gasteiger partial charge in [0.15, 0.2) is 0 Å². The molecule has 108 valence electrons. The average Bonchev–Trinajstić information content (AvgIpc) is 2.38. The van der Waals surface area contributed by atoms with Gasteiger partial charge in [-0.1, -0.05) is 6.07 Å². The van der Waals surface area contributed by atoms with Crippen molar-refractivity contribution in [2.24, 2.45) is 0 Å². The summed E-state index contributed by atoms with van der Waals surface area (Å²) in [5, 5.41) is 3.36. The number of nitrogens with one attached hydrogen (secondary N) is 1. The molecule has 0 aromatic carbocycles. The summed E-state index contributed by atoms with van der Waals surface area (Å²) < 4.78 is 1.55. The third-order valence-electron chi connectivity index (χ3n) is 3.70. The standard InChI is InChI=1S/C15H22N4O/c1-15(2,18(3)4)11-16-10-12-9-14(20)19-8-6-5-7-13(19)17-12/h5-9,16H,10-11H2,1-4H3. The number of hydrogen-bond acceptors (Lipinski definition) is 4. The van der Waals surface area contributed by atoms with E-state index in [4.69, 9.17) is 0 Å². The number of likely N-dealkylation sites (N-methyl/N-ethyl adjacent to an activating group) is 1. The lowest BCUT2D eigenvalue weighted by atomic mass is 10.0. The maximum Gasteiger partial charge on any atom is 0.258 e. The van der Waals surface area contributed by atoms with Crippen LogP contribution in [0.4, 0.5) is 0 Å². The molecule has 20 heavy (non-hydrogen) atoms. The summed E-state index contributed by atoms with van der Waals surface area (Å²) in [5.41, 5.74) is 1.48. The zero-order valence-corrected chi connectivity index (χ0v) is 12.6. The van der Waals surface area contributed by atoms with E-state index in [9.17, 15) is 4.79 Å². The molecule has 0 unspecified atom stereocenters. The highest BCUT2D eigenvalue weighted by molar-refractivity contribution is 5.37. The Kier molecular flexibility index (Phi) is 4.20. The number of aromatic nitrogens is 2. The largest absolute Gasteiger partial charge is 0.309 e. The van der Waals surface area contributed by atoms with Crippen LogP contribution in [0.1, 0.15) is 19.5 Å². The Morgan fingerprint density at radius 1 is 1.35 bits per heavy atom. The number of fused-ring (bicyclic) bond motifs is 1. The number of hydrogen-bond donors (Lipinski definition) is 1. The van der Waals surface area contributed by atoms with Crippen LogP contribution in [0.5, 0.6) is 0 Å². The molecule has 2 aromatic rings. The minimum absolute atomic E-state index is 0.0423. The van der Waals surface area contributed by atoms with E-state index >= 15 is 0 Å². The second-order valence-electron chi connectivity index (χ2n) is 5.82. The summed E-state index contributed by atoms with van der Waals surface area (Å²) >= 11 is 0. The number of nitrogens with zero attached hydrogens (tertiary/aromatic N) is 3. The highest BCUT2D eigenvalue weighted by Gasteiger charge is 2.19. The molecule has 5 heteroatoms. The number of rotatable bonds is 5. The smallest absolute Gasteiger partial charge is 0.258 e. The molecule has 0 aliphatic rings. The van der Waals surface area contributed by atoms with Crippen molar-refractivity contribution in [3.63, 3.8) is 0 Å². The van der Waals surface area contributed by atoms with Gasteiger partial charge in [-0.2, -0.15) is 0 Å². The van der Waals surface area contributed by atoms with Crippen molar-refractivity contribution >= 4 is 5.65 Å². The second kappa shape index (κ2) is 5.73. The molecule has 0 radical (unpaired) electrons. The lowest BCUT2D eigenvalue weighted by Crippen LogP contribution is -2.46. The van der Waals surface area contributed by atoms with Gasteiger partial charge in [0.2, 0.25) is 0 Å². The van der Waals surface area contributed by atoms with Crippen LogP contribution in [-0.4, -0.2) is 40.5 Å². The molecule has 0 saturated carbocycles. The topological polar surface area (TPSA) is 49.6 Å². The van der Waals surface area contributed by atoms with Crippen LogP contribution in [0.25, 0.3) is 5.65 Å². The van der Waals surface area contributed by atoms with Crippen LogP contribution < -0.4 is 10.9 Å². The molecular formula is C15H22N4O. The minimum Gasteiger partial charge on any atom is -0.309 e. The van der Waals surface area contributed by atoms with E-state index in [1.54, 1.807) is 16.7 Å². The molecule has 0 atom stereocenters. The Morgan fingerprint density at radius 2 is 2.10 bits per heavy atom. The predicted molar refractivity (Wildman–Crippen MR) is 80.9 cm³/mol. The van der Waals surface area contributed by atoms with Crippen molar-refractivity contribution in [1.29, 1.82) is 0 Å². The predicted octanol–water partition coefficient (Wildman–Crippen LogP) is 1.12. The summed E-state index contributed by atoms with van der Waals surface area (Å²) in [6, 6.07) is 7.14. The summed E-state index contributed by atoms with van der Waals surface area (Å²) in [6.07, 6.45) is 1.73. The van der Waals surface area contributed by atoms with E-state index in [-0.39, 0.29) is 11.1 Å². The molecule has 2 rings (SSSR count). The second-order valence-corrected chi connectivity index (χ2v) is 5.82. The van der Waals surface area contributed by atoms with Crippen LogP contribution in [0, 0.1) is 0 Å². The summed E-state index contributed by atoms with van der Waals surface area (Å²) in [6.45, 7) is 5.76. The third kappa shape index (κ3) is 3.23. The van der Waals surface area contributed by atoms with Crippen molar-refractivity contribution < 1.29 is 0 Å². The van der Waals surface area contributed by atoms with E-state index in [0.29, 0.717) is 12.2 Å². The summed E-state index contributed by atoms with van der Waals surface area (Å²) in [4.78, 5) is 18.6. The van der Waals surface area contributed by atoms with Gasteiger partial charge in [0.1, 0.15) is 5.65 Å². The highest BCUT2D eigenvalue weighted by atomic mass is 16.1. The van der Waals surface area contributed by atoms with E-state index in [0.717, 1.165) is 12.2 Å². The fourth-order valence-electron chi connectivity index (χ4n) is 1.85. The fraction of sp³-hybridized carbons (Fsp3) is 0.467. The minimum atomic E-state index is -0.0423. The van der Waals surface area contributed by atoms with Crippen molar-refractivity contribution in [3.05, 3.63) is 46.5 Å². The summed E-state index contributed by atoms with van der Waals surface area (Å²) in [7, 11) is 4.12. The van der Waals surface area contributed by atoms with E-state index in [2.05, 4.69) is 43.1 Å². The lowest BCUT2D eigenvalue weighted by Gasteiger charge is -2.32. The van der Waals surface area contributed by atoms with Crippen LogP contribution in [0.15, 0.2) is 35.3 Å². The van der Waals surface area contributed by atoms with Gasteiger partial charge in [0, 0.05) is 30.9 Å². The molecule has 2 heterocycles. The van der Waals surface area contributed by atoms with Crippen LogP contribution in [-0.2, 0) is 6.54 Å². The molecular weight excluding hydrogens is 252 g/mol. The zero-order chi connectivity index (χ0) is 14.8. The van der Waals surface area contributed by atoms with Crippen molar-refractivity contribution in [1.82, 2.24) is 19.6 Å². The van der Waals surface area contributed by atoms with Crippen LogP contribution in [0.3, 0.4) is 0 Å². The molecule has 0 aliphatic heterocycles. The molecule has 1 N–H and O–H groups in total. The van der Waals surface area contributed by atoms with Crippen molar-refractivity contribution in [2.45, 2.75) is 25.9 Å². The monoisotopic (exact) mass is 274 g/mol. The molecule has 0 amide bonds. The Labute approximate surface area is 119 Å². The van der Waals surface area contributed by atoms with E-state index in [1.807, 2.05) is 18.2 Å². The first kappa shape index (κ1) is 14.7. The normalized spacial score (nSPS) is 12.2. The van der Waals surface area contributed by atoms with Crippen molar-refractivity contribution in [2.75, 3.05) is 20.6 Å². The first-order valence-corrected chi connectivity index (χ1v) is 6.76. The summed E-state index contributed by atoms with van der Waals surface area (Å²) in [5.74, 6) is 0. The SMILES string of the molecule is CN(C)C(C)(C)CNCc1cc(=O)n2ccccc2n1. The molecule has 0 fully saturated rings. The Bertz CT molecular complexity index is 646. The fourth-order valence-corrected chi connectivity index (χ4v) is 1.85. The van der Waals surface area contributed by atoms with Gasteiger partial charge < -0.3 is 10.2 Å². The van der Waals surface area contributed by atoms with Crippen LogP contribution >= 0.6 is 0 Å². The van der Waals surface area contributed by atoms with Gasteiger partial charge in [-0.3, -0.25) is 9.20 Å². The third-order valence-corrected chi connectivity index (χ3v) is 3.70. The maximum absolute atomic E-state index is 12.0. The average molecular weight is 274 g/mol. The van der Waals surface area contributed by atoms with Gasteiger partial charge in [-0.25, -0.2) is 4.98 Å². The highest BCUT2D eigenvalue weighted by Crippen LogP contribution is 2.08. The van der Waals surface area contributed by atoms with E-state index < -0.39 is 0 Å². The number of pyridine rings is 1. The zero-order valence-electron chi connectivity index (χ0n) is 12.6. The van der Waals surface area contributed by atoms with Crippen LogP contribution in [0.2, 0.25) is 0 Å². The molecule has 2 aromatic heterocycles. The van der Waals surface area contributed by atoms with Gasteiger partial charge in [0.05, 0.1) is 5.69 Å². The maximum atomic E-state index is 12.0. The van der Waals surface area contributed by atoms with E-state index in [1.165, 1.54) is 0 Å². The van der Waals surface area contributed by atoms with Gasteiger partial charge >= 0.3 is 0 Å². The Balaban J connectivity index is 2.10. The first-order valence-electron chi connectivity index (χ1n) is 6.76. The van der Waals surface area contributed by atoms with Gasteiger partial charge in [0.25, 0.3) is 5.56 Å². The molecule has 0 aliphatic carbocycles. The Hall–Kier alpha value is -1.72. The molecule has 0 bridgehead atoms. The molecule has 0 saturated heterocycles. The Morgan fingerprint density at radius 3 is 2.80 bits per heavy atom. The van der Waals surface area contributed by atoms with Crippen molar-refractivity contribution in [3.8, 4) is 0 Å². The van der Waals surface area contributed by atoms with Gasteiger partial charge in [-0.05, 0) is 40.1 Å². The molecule has 0 spiro atoms. The molecule has 5 nitrogen and oxygen atoms in total. The quantitative estimate of drug-likeness (QED) is 0.888. The lowest BCUT2D eigenvalue weighted by molar-refractivity contribution is 0.189. The first-order chi connectivity index (χ1) is 9.40.